The van der Waals surface area contributed by atoms with Gasteiger partial charge in [-0.05, 0) is 24.6 Å². The zero-order chi connectivity index (χ0) is 15.8. The van der Waals surface area contributed by atoms with Gasteiger partial charge in [-0.15, -0.1) is 0 Å². The molecule has 2 rings (SSSR count). The number of aryl methyl sites for hydroxylation is 1. The molecular weight excluding hydrogens is 278 g/mol. The average molecular weight is 299 g/mol. The van der Waals surface area contributed by atoms with Gasteiger partial charge in [-0.2, -0.15) is 0 Å². The lowest BCUT2D eigenvalue weighted by Gasteiger charge is -2.13. The summed E-state index contributed by atoms with van der Waals surface area (Å²) in [7, 11) is 1.58. The Bertz CT molecular complexity index is 625. The largest absolute Gasteiger partial charge is 0.457 e. The molecule has 0 bridgehead atoms. The van der Waals surface area contributed by atoms with Crippen molar-refractivity contribution in [3.05, 3.63) is 59.7 Å². The zero-order valence-electron chi connectivity index (χ0n) is 13.0. The summed E-state index contributed by atoms with van der Waals surface area (Å²) in [5.41, 5.74) is 2.01. The number of carbonyl (C=O) groups excluding carboxylic acids is 1. The summed E-state index contributed by atoms with van der Waals surface area (Å²) in [5.74, 6) is 1.54. The summed E-state index contributed by atoms with van der Waals surface area (Å²) in [6, 6.07) is 15.6. The highest BCUT2D eigenvalue weighted by Gasteiger charge is 2.07. The van der Waals surface area contributed by atoms with E-state index in [2.05, 4.69) is 5.32 Å². The molecule has 4 nitrogen and oxygen atoms in total. The van der Waals surface area contributed by atoms with Crippen LogP contribution in [0, 0.1) is 6.92 Å². The Morgan fingerprint density at radius 1 is 1.05 bits per heavy atom. The van der Waals surface area contributed by atoms with Crippen LogP contribution in [0.3, 0.4) is 0 Å². The van der Waals surface area contributed by atoms with Gasteiger partial charge < -0.3 is 14.8 Å². The number of rotatable bonds is 7. The van der Waals surface area contributed by atoms with Gasteiger partial charge in [0.2, 0.25) is 5.91 Å². The standard InChI is InChI=1S/C18H21NO3/c1-14-7-3-5-9-16(14)22-17-10-6-4-8-15(17)13-19-18(20)11-12-21-2/h3-10H,11-13H2,1-2H3,(H,19,20). The maximum Gasteiger partial charge on any atom is 0.222 e. The van der Waals surface area contributed by atoms with E-state index in [1.54, 1.807) is 7.11 Å². The minimum Gasteiger partial charge on any atom is -0.457 e. The number of hydrogen-bond donors (Lipinski definition) is 1. The first-order valence-electron chi connectivity index (χ1n) is 7.27. The number of benzene rings is 2. The lowest BCUT2D eigenvalue weighted by molar-refractivity contribution is -0.122. The van der Waals surface area contributed by atoms with Crippen molar-refractivity contribution in [2.24, 2.45) is 0 Å². The molecule has 2 aromatic carbocycles. The molecule has 0 fully saturated rings. The van der Waals surface area contributed by atoms with Crippen LogP contribution >= 0.6 is 0 Å². The molecule has 0 atom stereocenters. The first kappa shape index (κ1) is 16.0. The highest BCUT2D eigenvalue weighted by molar-refractivity contribution is 5.76. The van der Waals surface area contributed by atoms with Crippen LogP contribution in [0.2, 0.25) is 0 Å². The molecule has 0 aromatic heterocycles. The van der Waals surface area contributed by atoms with Crippen molar-refractivity contribution in [1.82, 2.24) is 5.32 Å². The Kier molecular flexibility index (Phi) is 5.98. The molecule has 4 heteroatoms. The lowest BCUT2D eigenvalue weighted by atomic mass is 10.2. The SMILES string of the molecule is COCCC(=O)NCc1ccccc1Oc1ccccc1C. The third kappa shape index (κ3) is 4.60. The average Bonchev–Trinajstić information content (AvgIpc) is 2.54. The molecular formula is C18H21NO3. The predicted octanol–water partition coefficient (Wildman–Crippen LogP) is 3.44. The number of amides is 1. The van der Waals surface area contributed by atoms with Gasteiger partial charge in [0, 0.05) is 25.6 Å². The van der Waals surface area contributed by atoms with Crippen molar-refractivity contribution in [3.63, 3.8) is 0 Å². The molecule has 2 aromatic rings. The Morgan fingerprint density at radius 3 is 2.45 bits per heavy atom. The maximum atomic E-state index is 11.7. The number of ether oxygens (including phenoxy) is 2. The van der Waals surface area contributed by atoms with Crippen LogP contribution in [-0.2, 0) is 16.1 Å². The van der Waals surface area contributed by atoms with Crippen molar-refractivity contribution in [2.75, 3.05) is 13.7 Å². The number of carbonyl (C=O) groups is 1. The smallest absolute Gasteiger partial charge is 0.222 e. The first-order valence-corrected chi connectivity index (χ1v) is 7.27. The van der Waals surface area contributed by atoms with Crippen molar-refractivity contribution in [2.45, 2.75) is 19.9 Å². The minimum absolute atomic E-state index is 0.0347. The van der Waals surface area contributed by atoms with Gasteiger partial charge in [-0.1, -0.05) is 36.4 Å². The zero-order valence-corrected chi connectivity index (χ0v) is 13.0. The van der Waals surface area contributed by atoms with E-state index in [1.807, 2.05) is 55.5 Å². The molecule has 0 aliphatic heterocycles. The van der Waals surface area contributed by atoms with Gasteiger partial charge in [0.15, 0.2) is 0 Å². The summed E-state index contributed by atoms with van der Waals surface area (Å²) in [5, 5.41) is 2.88. The van der Waals surface area contributed by atoms with Gasteiger partial charge in [0.25, 0.3) is 0 Å². The fourth-order valence-corrected chi connectivity index (χ4v) is 2.02. The maximum absolute atomic E-state index is 11.7. The van der Waals surface area contributed by atoms with E-state index < -0.39 is 0 Å². The van der Waals surface area contributed by atoms with Gasteiger partial charge in [0.1, 0.15) is 11.5 Å². The van der Waals surface area contributed by atoms with Gasteiger partial charge in [0.05, 0.1) is 6.61 Å². The fourth-order valence-electron chi connectivity index (χ4n) is 2.02. The lowest BCUT2D eigenvalue weighted by Crippen LogP contribution is -2.23. The Balaban J connectivity index is 2.04. The molecule has 0 aliphatic carbocycles. The Hall–Kier alpha value is -2.33. The molecule has 0 spiro atoms. The van der Waals surface area contributed by atoms with Crippen LogP contribution in [0.1, 0.15) is 17.5 Å². The summed E-state index contributed by atoms with van der Waals surface area (Å²) in [4.78, 5) is 11.7. The van der Waals surface area contributed by atoms with Gasteiger partial charge in [-0.3, -0.25) is 4.79 Å². The molecule has 1 N–H and O–H groups in total. The van der Waals surface area contributed by atoms with Gasteiger partial charge >= 0.3 is 0 Å². The highest BCUT2D eigenvalue weighted by atomic mass is 16.5. The minimum atomic E-state index is -0.0347. The summed E-state index contributed by atoms with van der Waals surface area (Å²) in [6.45, 7) is 2.86. The first-order chi connectivity index (χ1) is 10.7. The van der Waals surface area contributed by atoms with Gasteiger partial charge in [-0.25, -0.2) is 0 Å². The van der Waals surface area contributed by atoms with Crippen molar-refractivity contribution in [3.8, 4) is 11.5 Å². The molecule has 116 valence electrons. The Labute approximate surface area is 131 Å². The van der Waals surface area contributed by atoms with E-state index in [0.717, 1.165) is 22.6 Å². The molecule has 0 aliphatic rings. The van der Waals surface area contributed by atoms with E-state index in [9.17, 15) is 4.79 Å². The van der Waals surface area contributed by atoms with E-state index in [1.165, 1.54) is 0 Å². The molecule has 0 saturated heterocycles. The second-order valence-corrected chi connectivity index (χ2v) is 4.99. The molecule has 0 heterocycles. The third-order valence-electron chi connectivity index (χ3n) is 3.30. The predicted molar refractivity (Wildman–Crippen MR) is 86.0 cm³/mol. The number of methoxy groups -OCH3 is 1. The highest BCUT2D eigenvalue weighted by Crippen LogP contribution is 2.27. The van der Waals surface area contributed by atoms with E-state index in [-0.39, 0.29) is 5.91 Å². The third-order valence-corrected chi connectivity index (χ3v) is 3.30. The van der Waals surface area contributed by atoms with E-state index in [4.69, 9.17) is 9.47 Å². The topological polar surface area (TPSA) is 47.6 Å². The monoisotopic (exact) mass is 299 g/mol. The molecule has 0 saturated carbocycles. The van der Waals surface area contributed by atoms with Crippen molar-refractivity contribution in [1.29, 1.82) is 0 Å². The van der Waals surface area contributed by atoms with Crippen LogP contribution in [0.25, 0.3) is 0 Å². The van der Waals surface area contributed by atoms with E-state index >= 15 is 0 Å². The van der Waals surface area contributed by atoms with Crippen LogP contribution in [0.5, 0.6) is 11.5 Å². The normalized spacial score (nSPS) is 10.3. The summed E-state index contributed by atoms with van der Waals surface area (Å²) in [6.07, 6.45) is 0.358. The van der Waals surface area contributed by atoms with Crippen LogP contribution in [0.15, 0.2) is 48.5 Å². The quantitative estimate of drug-likeness (QED) is 0.852. The van der Waals surface area contributed by atoms with Crippen molar-refractivity contribution < 1.29 is 14.3 Å². The van der Waals surface area contributed by atoms with Crippen LogP contribution in [-0.4, -0.2) is 19.6 Å². The molecule has 22 heavy (non-hydrogen) atoms. The molecule has 1 amide bonds. The fraction of sp³-hybridized carbons (Fsp3) is 0.278. The van der Waals surface area contributed by atoms with Crippen LogP contribution < -0.4 is 10.1 Å². The van der Waals surface area contributed by atoms with Crippen LogP contribution in [0.4, 0.5) is 0 Å². The summed E-state index contributed by atoms with van der Waals surface area (Å²) < 4.78 is 10.9. The molecule has 0 radical (unpaired) electrons. The molecule has 0 unspecified atom stereocenters. The van der Waals surface area contributed by atoms with E-state index in [0.29, 0.717) is 19.6 Å². The number of hydrogen-bond acceptors (Lipinski definition) is 3. The Morgan fingerprint density at radius 2 is 1.73 bits per heavy atom. The number of nitrogens with one attached hydrogen (secondary N) is 1. The summed E-state index contributed by atoms with van der Waals surface area (Å²) >= 11 is 0. The number of para-hydroxylation sites is 2. The van der Waals surface area contributed by atoms with Crippen molar-refractivity contribution >= 4 is 5.91 Å². The second kappa shape index (κ2) is 8.20. The second-order valence-electron chi connectivity index (χ2n) is 4.99.